The quantitative estimate of drug-likeness (QED) is 0.495. The smallest absolute Gasteiger partial charge is 0.428 e. The van der Waals surface area contributed by atoms with Gasteiger partial charge in [-0.15, -0.1) is 13.2 Å². The number of aryl methyl sites for hydroxylation is 1. The molecule has 1 aromatic heterocycles. The number of nitriles is 1. The summed E-state index contributed by atoms with van der Waals surface area (Å²) in [5.74, 6) is 2.43. The maximum Gasteiger partial charge on any atom is 0.573 e. The van der Waals surface area contributed by atoms with Crippen LogP contribution in [0.2, 0.25) is 0 Å². The van der Waals surface area contributed by atoms with Gasteiger partial charge in [-0.3, -0.25) is 14.4 Å². The Hall–Kier alpha value is -3.98. The normalized spacial score (nSPS) is 12.9. The maximum atomic E-state index is 12.4. The fourth-order valence-corrected chi connectivity index (χ4v) is 3.41. The number of hydrogen-bond donors (Lipinski definition) is 1. The Morgan fingerprint density at radius 3 is 2.38 bits per heavy atom. The minimum absolute atomic E-state index is 0.00893. The van der Waals surface area contributed by atoms with Crippen molar-refractivity contribution in [1.82, 2.24) is 9.71 Å². The summed E-state index contributed by atoms with van der Waals surface area (Å²) in [4.78, 5) is 18.2. The minimum atomic E-state index is -4.81. The Kier molecular flexibility index (Phi) is 6.88. The molecule has 1 N–H and O–H groups in total. The van der Waals surface area contributed by atoms with Gasteiger partial charge in [0.05, 0.1) is 18.2 Å². The second-order valence-electron chi connectivity index (χ2n) is 7.27. The number of amides is 1. The lowest BCUT2D eigenvalue weighted by molar-refractivity contribution is -0.274. The molecular weight excluding hydrogens is 473 g/mol. The Bertz CT molecular complexity index is 1330. The third kappa shape index (κ3) is 6.52. The van der Waals surface area contributed by atoms with Crippen LogP contribution in [0, 0.1) is 18.3 Å². The second kappa shape index (κ2) is 9.48. The van der Waals surface area contributed by atoms with Crippen LogP contribution in [0.25, 0.3) is 0 Å². The molecule has 0 saturated carbocycles. The van der Waals surface area contributed by atoms with Gasteiger partial charge in [0, 0.05) is 21.7 Å². The summed E-state index contributed by atoms with van der Waals surface area (Å²) in [5, 5.41) is 9.06. The van der Waals surface area contributed by atoms with E-state index >= 15 is 0 Å². The first-order valence-corrected chi connectivity index (χ1v) is 11.7. The Labute approximate surface area is 193 Å². The van der Waals surface area contributed by atoms with Gasteiger partial charge in [0.25, 0.3) is 5.91 Å². The van der Waals surface area contributed by atoms with E-state index < -0.39 is 22.0 Å². The second-order valence-corrected chi connectivity index (χ2v) is 9.49. The van der Waals surface area contributed by atoms with E-state index in [-0.39, 0.29) is 29.8 Å². The summed E-state index contributed by atoms with van der Waals surface area (Å²) in [6, 6.07) is 13.6. The summed E-state index contributed by atoms with van der Waals surface area (Å²) in [6.45, 7) is 1.60. The average Bonchev–Trinajstić information content (AvgIpc) is 3.12. The molecule has 1 amide bonds. The Morgan fingerprint density at radius 2 is 1.85 bits per heavy atom. The average molecular weight is 492 g/mol. The van der Waals surface area contributed by atoms with Crippen LogP contribution in [0.3, 0.4) is 0 Å². The van der Waals surface area contributed by atoms with Crippen molar-refractivity contribution in [2.24, 2.45) is 0 Å². The van der Waals surface area contributed by atoms with Crippen LogP contribution in [-0.2, 0) is 16.3 Å². The number of nitrogens with zero attached hydrogens (tertiary/aromatic N) is 3. The summed E-state index contributed by atoms with van der Waals surface area (Å²) < 4.78 is 61.0. The zero-order valence-electron chi connectivity index (χ0n) is 18.0. The lowest BCUT2D eigenvalue weighted by Crippen LogP contribution is -2.30. The molecule has 3 rings (SSSR count). The zero-order valence-corrected chi connectivity index (χ0v) is 18.9. The standard InChI is InChI=1S/C22H19F3N4O4S/c1-14-19(20(30)28-34(2,3)31)27-21(32-14)29(17-8-4-15(12-26)5-9-17)13-16-6-10-18(11-7-16)33-22(23,24)25/h4-11H,2,13H2,1,3H3,(H,28,30,31). The number of carbonyl (C=O) groups excluding carboxylic acids is 1. The van der Waals surface area contributed by atoms with Crippen LogP contribution in [0.15, 0.2) is 52.9 Å². The highest BCUT2D eigenvalue weighted by Gasteiger charge is 2.31. The number of hydrogen-bond acceptors (Lipinski definition) is 7. The van der Waals surface area contributed by atoms with Crippen molar-refractivity contribution < 1.29 is 31.3 Å². The van der Waals surface area contributed by atoms with E-state index in [2.05, 4.69) is 20.3 Å². The first-order chi connectivity index (χ1) is 15.8. The molecule has 1 atom stereocenters. The molecule has 0 aliphatic rings. The summed E-state index contributed by atoms with van der Waals surface area (Å²) >= 11 is 0. The molecule has 0 radical (unpaired) electrons. The van der Waals surface area contributed by atoms with E-state index in [0.717, 1.165) is 0 Å². The number of ether oxygens (including phenoxy) is 1. The molecule has 0 fully saturated rings. The number of aromatic nitrogens is 1. The van der Waals surface area contributed by atoms with Gasteiger partial charge < -0.3 is 9.15 Å². The predicted octanol–water partition coefficient (Wildman–Crippen LogP) is 4.08. The summed E-state index contributed by atoms with van der Waals surface area (Å²) in [7, 11) is -2.84. The largest absolute Gasteiger partial charge is 0.573 e. The first-order valence-electron chi connectivity index (χ1n) is 9.59. The van der Waals surface area contributed by atoms with E-state index in [1.54, 1.807) is 29.2 Å². The van der Waals surface area contributed by atoms with Crippen LogP contribution >= 0.6 is 0 Å². The van der Waals surface area contributed by atoms with E-state index in [1.165, 1.54) is 37.4 Å². The molecule has 0 aliphatic heterocycles. The topological polar surface area (TPSA) is 108 Å². The number of carbonyl (C=O) groups is 1. The lowest BCUT2D eigenvalue weighted by Gasteiger charge is -2.21. The number of halogens is 3. The van der Waals surface area contributed by atoms with Crippen LogP contribution in [0.4, 0.5) is 24.9 Å². The SMILES string of the molecule is C=S(C)(=O)NC(=O)c1nc(N(Cc2ccc(OC(F)(F)F)cc2)c2ccc(C#N)cc2)oc1C. The zero-order chi connectivity index (χ0) is 25.1. The molecule has 3 aromatic rings. The van der Waals surface area contributed by atoms with Crippen LogP contribution in [0.1, 0.15) is 27.4 Å². The van der Waals surface area contributed by atoms with Crippen molar-refractivity contribution in [2.45, 2.75) is 19.8 Å². The third-order valence-electron chi connectivity index (χ3n) is 4.35. The van der Waals surface area contributed by atoms with Gasteiger partial charge in [-0.05, 0) is 54.8 Å². The van der Waals surface area contributed by atoms with Crippen molar-refractivity contribution in [1.29, 1.82) is 5.26 Å². The molecule has 12 heteroatoms. The Balaban J connectivity index is 1.96. The predicted molar refractivity (Wildman–Crippen MR) is 120 cm³/mol. The molecule has 1 heterocycles. The number of oxazole rings is 1. The molecule has 0 aliphatic carbocycles. The number of nitrogens with one attached hydrogen (secondary N) is 1. The molecule has 8 nitrogen and oxygen atoms in total. The molecule has 0 spiro atoms. The molecule has 1 unspecified atom stereocenters. The lowest BCUT2D eigenvalue weighted by atomic mass is 10.1. The number of anilines is 2. The highest BCUT2D eigenvalue weighted by molar-refractivity contribution is 7.98. The third-order valence-corrected chi connectivity index (χ3v) is 4.96. The van der Waals surface area contributed by atoms with E-state index in [4.69, 9.17) is 9.68 Å². The summed E-state index contributed by atoms with van der Waals surface area (Å²) in [5.41, 5.74) is 1.43. The van der Waals surface area contributed by atoms with E-state index in [1.807, 2.05) is 6.07 Å². The molecule has 2 aromatic carbocycles. The van der Waals surface area contributed by atoms with E-state index in [9.17, 15) is 22.2 Å². The van der Waals surface area contributed by atoms with Crippen molar-refractivity contribution in [3.63, 3.8) is 0 Å². The fourth-order valence-electron chi connectivity index (χ4n) is 2.92. The monoisotopic (exact) mass is 492 g/mol. The van der Waals surface area contributed by atoms with Crippen LogP contribution in [-0.4, -0.2) is 33.6 Å². The van der Waals surface area contributed by atoms with Gasteiger partial charge in [0.15, 0.2) is 5.69 Å². The van der Waals surface area contributed by atoms with Gasteiger partial charge in [-0.1, -0.05) is 12.1 Å². The summed E-state index contributed by atoms with van der Waals surface area (Å²) in [6.07, 6.45) is -3.55. The van der Waals surface area contributed by atoms with Gasteiger partial charge in [-0.2, -0.15) is 10.2 Å². The fraction of sp³-hybridized carbons (Fsp3) is 0.182. The molecular formula is C22H19F3N4O4S. The van der Waals surface area contributed by atoms with Crippen LogP contribution < -0.4 is 14.4 Å². The van der Waals surface area contributed by atoms with Crippen LogP contribution in [0.5, 0.6) is 5.75 Å². The maximum absolute atomic E-state index is 12.4. The molecule has 178 valence electrons. The molecule has 0 saturated heterocycles. The minimum Gasteiger partial charge on any atom is -0.428 e. The van der Waals surface area contributed by atoms with Gasteiger partial charge in [0.1, 0.15) is 11.5 Å². The first kappa shape index (κ1) is 24.7. The van der Waals surface area contributed by atoms with Gasteiger partial charge >= 0.3 is 12.4 Å². The van der Waals surface area contributed by atoms with Gasteiger partial charge in [-0.25, -0.2) is 4.21 Å². The number of rotatable bonds is 7. The van der Waals surface area contributed by atoms with Crippen molar-refractivity contribution in [3.05, 3.63) is 71.1 Å². The highest BCUT2D eigenvalue weighted by atomic mass is 32.2. The van der Waals surface area contributed by atoms with Gasteiger partial charge in [0.2, 0.25) is 0 Å². The van der Waals surface area contributed by atoms with Crippen molar-refractivity contribution >= 4 is 33.2 Å². The van der Waals surface area contributed by atoms with Crippen molar-refractivity contribution in [2.75, 3.05) is 11.2 Å². The molecule has 0 bridgehead atoms. The number of alkyl halides is 3. The highest BCUT2D eigenvalue weighted by Crippen LogP contribution is 2.30. The number of benzene rings is 2. The van der Waals surface area contributed by atoms with E-state index in [0.29, 0.717) is 16.8 Å². The molecule has 34 heavy (non-hydrogen) atoms. The van der Waals surface area contributed by atoms with Crippen molar-refractivity contribution in [3.8, 4) is 11.8 Å². The Morgan fingerprint density at radius 1 is 1.24 bits per heavy atom.